The molecule has 160 valence electrons. The Morgan fingerprint density at radius 1 is 1.06 bits per heavy atom. The SMILES string of the molecule is CC(=O)c1cccc(-n2c3c(c(SC(N)c4cccc5ccccc45)nc2=O)CCC3)c1. The molecule has 0 spiro atoms. The van der Waals surface area contributed by atoms with E-state index in [0.29, 0.717) is 16.3 Å². The first-order valence-corrected chi connectivity index (χ1v) is 11.6. The van der Waals surface area contributed by atoms with E-state index in [9.17, 15) is 9.59 Å². The van der Waals surface area contributed by atoms with Gasteiger partial charge in [-0.05, 0) is 54.7 Å². The first kappa shape index (κ1) is 20.7. The Labute approximate surface area is 190 Å². The van der Waals surface area contributed by atoms with Gasteiger partial charge in [0.25, 0.3) is 0 Å². The van der Waals surface area contributed by atoms with Crippen LogP contribution < -0.4 is 11.4 Å². The molecule has 5 nitrogen and oxygen atoms in total. The van der Waals surface area contributed by atoms with E-state index in [2.05, 4.69) is 23.2 Å². The number of hydrogen-bond donors (Lipinski definition) is 1. The minimum absolute atomic E-state index is 0.0299. The van der Waals surface area contributed by atoms with Crippen molar-refractivity contribution in [2.45, 2.75) is 36.6 Å². The number of hydrogen-bond acceptors (Lipinski definition) is 5. The number of Topliss-reactive ketones (excluding diaryl/α,β-unsaturated/α-hetero) is 1. The molecular formula is C26H23N3O2S. The Hall–Kier alpha value is -3.22. The third kappa shape index (κ3) is 3.66. The van der Waals surface area contributed by atoms with Gasteiger partial charge < -0.3 is 5.73 Å². The first-order chi connectivity index (χ1) is 15.5. The predicted molar refractivity (Wildman–Crippen MR) is 129 cm³/mol. The van der Waals surface area contributed by atoms with Gasteiger partial charge in [-0.1, -0.05) is 66.4 Å². The average molecular weight is 442 g/mol. The zero-order valence-electron chi connectivity index (χ0n) is 17.7. The van der Waals surface area contributed by atoms with Crippen molar-refractivity contribution < 1.29 is 4.79 Å². The van der Waals surface area contributed by atoms with E-state index in [1.807, 2.05) is 30.3 Å². The Morgan fingerprint density at radius 2 is 1.84 bits per heavy atom. The van der Waals surface area contributed by atoms with Crippen LogP contribution in [0.4, 0.5) is 0 Å². The first-order valence-electron chi connectivity index (χ1n) is 10.7. The minimum Gasteiger partial charge on any atom is -0.315 e. The number of carbonyl (C=O) groups is 1. The van der Waals surface area contributed by atoms with E-state index < -0.39 is 0 Å². The summed E-state index contributed by atoms with van der Waals surface area (Å²) in [5.41, 5.74) is 10.6. The fraction of sp³-hybridized carbons (Fsp3) is 0.192. The molecule has 0 saturated carbocycles. The fourth-order valence-electron chi connectivity index (χ4n) is 4.43. The van der Waals surface area contributed by atoms with E-state index in [1.54, 1.807) is 22.8 Å². The van der Waals surface area contributed by atoms with Crippen LogP contribution >= 0.6 is 11.8 Å². The summed E-state index contributed by atoms with van der Waals surface area (Å²) in [7, 11) is 0. The van der Waals surface area contributed by atoms with Gasteiger partial charge in [-0.3, -0.25) is 9.36 Å². The van der Waals surface area contributed by atoms with Crippen molar-refractivity contribution in [3.8, 4) is 5.69 Å². The zero-order chi connectivity index (χ0) is 22.2. The normalized spacial score (nSPS) is 13.8. The Morgan fingerprint density at radius 3 is 2.69 bits per heavy atom. The quantitative estimate of drug-likeness (QED) is 0.208. The van der Waals surface area contributed by atoms with E-state index in [1.165, 1.54) is 18.7 Å². The lowest BCUT2D eigenvalue weighted by molar-refractivity contribution is 0.101. The number of nitrogens with zero attached hydrogens (tertiary/aromatic N) is 2. The third-order valence-electron chi connectivity index (χ3n) is 5.98. The van der Waals surface area contributed by atoms with Gasteiger partial charge >= 0.3 is 5.69 Å². The molecule has 0 saturated heterocycles. The number of rotatable bonds is 5. The largest absolute Gasteiger partial charge is 0.353 e. The van der Waals surface area contributed by atoms with Gasteiger partial charge in [-0.2, -0.15) is 4.98 Å². The Balaban J connectivity index is 1.56. The Bertz CT molecular complexity index is 1400. The van der Waals surface area contributed by atoms with Gasteiger partial charge in [0.2, 0.25) is 0 Å². The van der Waals surface area contributed by atoms with Crippen LogP contribution in [0.1, 0.15) is 45.9 Å². The number of aromatic nitrogens is 2. The number of nitrogens with two attached hydrogens (primary N) is 1. The van der Waals surface area contributed by atoms with Crippen LogP contribution in [-0.2, 0) is 12.8 Å². The summed E-state index contributed by atoms with van der Waals surface area (Å²) >= 11 is 1.44. The topological polar surface area (TPSA) is 78.0 Å². The molecule has 0 amide bonds. The molecule has 0 fully saturated rings. The van der Waals surface area contributed by atoms with Crippen LogP contribution in [0.25, 0.3) is 16.5 Å². The number of carbonyl (C=O) groups excluding carboxylic acids is 1. The van der Waals surface area contributed by atoms with Gasteiger partial charge in [0.15, 0.2) is 5.78 Å². The molecule has 1 heterocycles. The van der Waals surface area contributed by atoms with Gasteiger partial charge in [-0.15, -0.1) is 0 Å². The maximum atomic E-state index is 13.1. The maximum Gasteiger partial charge on any atom is 0.353 e. The van der Waals surface area contributed by atoms with Gasteiger partial charge in [0, 0.05) is 16.8 Å². The predicted octanol–water partition coefficient (Wildman–Crippen LogP) is 4.83. The van der Waals surface area contributed by atoms with Crippen molar-refractivity contribution in [3.63, 3.8) is 0 Å². The lowest BCUT2D eigenvalue weighted by Crippen LogP contribution is -2.26. The molecule has 1 aliphatic carbocycles. The summed E-state index contributed by atoms with van der Waals surface area (Å²) in [6, 6.07) is 21.5. The van der Waals surface area contributed by atoms with Crippen molar-refractivity contribution in [2.75, 3.05) is 0 Å². The monoisotopic (exact) mass is 441 g/mol. The minimum atomic E-state index is -0.338. The zero-order valence-corrected chi connectivity index (χ0v) is 18.6. The molecule has 1 unspecified atom stereocenters. The molecular weight excluding hydrogens is 418 g/mol. The van der Waals surface area contributed by atoms with E-state index >= 15 is 0 Å². The lowest BCUT2D eigenvalue weighted by atomic mass is 10.0. The summed E-state index contributed by atoms with van der Waals surface area (Å²) in [6.07, 6.45) is 2.62. The van der Waals surface area contributed by atoms with Crippen LogP contribution in [0.15, 0.2) is 76.6 Å². The molecule has 1 aliphatic rings. The van der Waals surface area contributed by atoms with Crippen LogP contribution in [0.2, 0.25) is 0 Å². The van der Waals surface area contributed by atoms with Gasteiger partial charge in [-0.25, -0.2) is 4.79 Å². The van der Waals surface area contributed by atoms with Crippen LogP contribution in [0.3, 0.4) is 0 Å². The highest BCUT2D eigenvalue weighted by Gasteiger charge is 2.25. The molecule has 1 atom stereocenters. The molecule has 6 heteroatoms. The van der Waals surface area contributed by atoms with Crippen molar-refractivity contribution >= 4 is 28.3 Å². The van der Waals surface area contributed by atoms with E-state index in [0.717, 1.165) is 46.9 Å². The molecule has 3 aromatic carbocycles. The molecule has 0 aliphatic heterocycles. The summed E-state index contributed by atoms with van der Waals surface area (Å²) in [5, 5.41) is 2.62. The van der Waals surface area contributed by atoms with E-state index in [4.69, 9.17) is 5.73 Å². The lowest BCUT2D eigenvalue weighted by Gasteiger charge is -2.18. The Kier molecular flexibility index (Phi) is 5.41. The van der Waals surface area contributed by atoms with Crippen molar-refractivity contribution in [3.05, 3.63) is 99.6 Å². The fourth-order valence-corrected chi connectivity index (χ4v) is 5.50. The molecule has 1 aromatic heterocycles. The smallest absolute Gasteiger partial charge is 0.315 e. The molecule has 5 rings (SSSR count). The highest BCUT2D eigenvalue weighted by Crippen LogP contribution is 2.38. The van der Waals surface area contributed by atoms with Gasteiger partial charge in [0.05, 0.1) is 11.1 Å². The summed E-state index contributed by atoms with van der Waals surface area (Å²) in [5.74, 6) is -0.0299. The molecule has 4 aromatic rings. The van der Waals surface area contributed by atoms with Crippen LogP contribution in [0.5, 0.6) is 0 Å². The summed E-state index contributed by atoms with van der Waals surface area (Å²) in [6.45, 7) is 1.53. The van der Waals surface area contributed by atoms with Gasteiger partial charge in [0.1, 0.15) is 5.03 Å². The molecule has 0 bridgehead atoms. The standard InChI is InChI=1S/C26H23N3O2S/c1-16(30)18-9-4-10-19(15-18)29-23-14-6-13-22(23)25(28-26(29)31)32-24(27)21-12-5-8-17-7-2-3-11-20(17)21/h2-5,7-12,15,24H,6,13-14,27H2,1H3. The second-order valence-electron chi connectivity index (χ2n) is 8.03. The maximum absolute atomic E-state index is 13.1. The number of ketones is 1. The second kappa shape index (κ2) is 8.37. The van der Waals surface area contributed by atoms with Crippen molar-refractivity contribution in [1.82, 2.24) is 9.55 Å². The van der Waals surface area contributed by atoms with Crippen molar-refractivity contribution in [1.29, 1.82) is 0 Å². The molecule has 32 heavy (non-hydrogen) atoms. The van der Waals surface area contributed by atoms with Crippen LogP contribution in [0, 0.1) is 0 Å². The number of benzene rings is 3. The highest BCUT2D eigenvalue weighted by molar-refractivity contribution is 7.99. The molecule has 2 N–H and O–H groups in total. The average Bonchev–Trinajstić information content (AvgIpc) is 3.28. The van der Waals surface area contributed by atoms with Crippen molar-refractivity contribution in [2.24, 2.45) is 5.73 Å². The summed E-state index contributed by atoms with van der Waals surface area (Å²) < 4.78 is 1.66. The van der Waals surface area contributed by atoms with Crippen LogP contribution in [-0.4, -0.2) is 15.3 Å². The van der Waals surface area contributed by atoms with E-state index in [-0.39, 0.29) is 16.8 Å². The highest BCUT2D eigenvalue weighted by atomic mass is 32.2. The third-order valence-corrected chi connectivity index (χ3v) is 7.05. The molecule has 0 radical (unpaired) electrons. The summed E-state index contributed by atoms with van der Waals surface area (Å²) in [4.78, 5) is 29.4. The second-order valence-corrected chi connectivity index (χ2v) is 9.16. The number of thioether (sulfide) groups is 1. The number of fused-ring (bicyclic) bond motifs is 2.